The second kappa shape index (κ2) is 10.2. The van der Waals surface area contributed by atoms with Crippen LogP contribution in [0.3, 0.4) is 0 Å². The topological polar surface area (TPSA) is 200 Å². The summed E-state index contributed by atoms with van der Waals surface area (Å²) >= 11 is 2.31. The van der Waals surface area contributed by atoms with Gasteiger partial charge in [0.05, 0.1) is 10.7 Å². The van der Waals surface area contributed by atoms with Crippen molar-refractivity contribution >= 4 is 57.4 Å². The number of amides is 2. The van der Waals surface area contributed by atoms with Crippen LogP contribution in [0.4, 0.5) is 10.8 Å². The van der Waals surface area contributed by atoms with Crippen molar-refractivity contribution in [3.63, 3.8) is 0 Å². The number of carboxylic acid groups (broad SMARTS) is 1. The minimum absolute atomic E-state index is 0.0505. The first-order valence-electron chi connectivity index (χ1n) is 10.1. The standard InChI is InChI=1S/C20H18N6O8S2/c1-33-24-13(11-7-36-20(21)22-11)16(27)23-14-17(28)25-15(19(29)30)12(8-35-18(14)25)34-6-9-2-4-10(5-3-9)26(31)32/h2-5,7,14,18H,6,8H2,1H3,(H2,21,22)(H,23,27)(H,29,30)/t14-,18+/m1/s1. The number of ether oxygens (including phenoxy) is 1. The van der Waals surface area contributed by atoms with Crippen LogP contribution in [0.2, 0.25) is 0 Å². The van der Waals surface area contributed by atoms with Crippen LogP contribution in [0, 0.1) is 10.1 Å². The second-order valence-electron chi connectivity index (χ2n) is 7.34. The molecule has 3 heterocycles. The third kappa shape index (κ3) is 4.80. The number of nitro benzene ring substituents is 1. The molecule has 0 radical (unpaired) electrons. The Labute approximate surface area is 210 Å². The molecule has 2 atom stereocenters. The van der Waals surface area contributed by atoms with Crippen molar-refractivity contribution in [2.24, 2.45) is 5.16 Å². The van der Waals surface area contributed by atoms with Crippen LogP contribution in [-0.4, -0.2) is 67.7 Å². The molecule has 36 heavy (non-hydrogen) atoms. The van der Waals surface area contributed by atoms with Gasteiger partial charge in [-0.1, -0.05) is 5.16 Å². The van der Waals surface area contributed by atoms with Crippen molar-refractivity contribution in [2.45, 2.75) is 18.0 Å². The van der Waals surface area contributed by atoms with Crippen molar-refractivity contribution in [2.75, 3.05) is 18.6 Å². The van der Waals surface area contributed by atoms with E-state index in [-0.39, 0.29) is 46.0 Å². The van der Waals surface area contributed by atoms with E-state index in [0.717, 1.165) is 16.2 Å². The van der Waals surface area contributed by atoms with Crippen molar-refractivity contribution in [1.82, 2.24) is 15.2 Å². The van der Waals surface area contributed by atoms with Gasteiger partial charge in [0.15, 0.2) is 16.5 Å². The Hall–Kier alpha value is -4.18. The number of hydrogen-bond acceptors (Lipinski definition) is 12. The van der Waals surface area contributed by atoms with Crippen LogP contribution >= 0.6 is 23.1 Å². The quantitative estimate of drug-likeness (QED) is 0.179. The molecule has 188 valence electrons. The number of anilines is 1. The lowest BCUT2D eigenvalue weighted by atomic mass is 10.0. The third-order valence-electron chi connectivity index (χ3n) is 5.14. The van der Waals surface area contributed by atoms with E-state index in [9.17, 15) is 29.6 Å². The summed E-state index contributed by atoms with van der Waals surface area (Å²) in [6, 6.07) is 4.60. The first-order chi connectivity index (χ1) is 17.2. The predicted molar refractivity (Wildman–Crippen MR) is 128 cm³/mol. The number of nitrogens with two attached hydrogens (primary N) is 1. The SMILES string of the molecule is CON=C(C(=O)N[C@@H]1C(=O)N2C(C(=O)O)=C(OCc3ccc([N+](=O)[O-])cc3)CS[C@@H]12)c1csc(N)n1. The van der Waals surface area contributed by atoms with E-state index in [4.69, 9.17) is 15.3 Å². The van der Waals surface area contributed by atoms with E-state index in [0.29, 0.717) is 5.56 Å². The lowest BCUT2D eigenvalue weighted by molar-refractivity contribution is -0.384. The van der Waals surface area contributed by atoms with E-state index in [1.54, 1.807) is 0 Å². The molecule has 4 N–H and O–H groups in total. The summed E-state index contributed by atoms with van der Waals surface area (Å²) < 4.78 is 5.66. The molecule has 0 bridgehead atoms. The predicted octanol–water partition coefficient (Wildman–Crippen LogP) is 0.897. The number of hydrogen-bond donors (Lipinski definition) is 3. The van der Waals surface area contributed by atoms with Crippen LogP contribution in [0.25, 0.3) is 0 Å². The van der Waals surface area contributed by atoms with E-state index in [2.05, 4.69) is 15.5 Å². The van der Waals surface area contributed by atoms with Gasteiger partial charge in [-0.2, -0.15) is 0 Å². The van der Waals surface area contributed by atoms with Gasteiger partial charge >= 0.3 is 5.97 Å². The number of carboxylic acids is 1. The number of nitro groups is 1. The van der Waals surface area contributed by atoms with E-state index in [1.165, 1.54) is 48.5 Å². The summed E-state index contributed by atoms with van der Waals surface area (Å²) in [6.45, 7) is -0.0505. The number of fused-ring (bicyclic) bond motifs is 1. The first kappa shape index (κ1) is 24.9. The number of benzene rings is 1. The molecule has 2 aromatic rings. The zero-order chi connectivity index (χ0) is 26.0. The minimum Gasteiger partial charge on any atom is -0.490 e. The fourth-order valence-electron chi connectivity index (χ4n) is 3.49. The van der Waals surface area contributed by atoms with Gasteiger partial charge in [0, 0.05) is 17.5 Å². The van der Waals surface area contributed by atoms with Gasteiger partial charge in [0.25, 0.3) is 17.5 Å². The minimum atomic E-state index is -1.36. The molecule has 1 aromatic heterocycles. The molecule has 0 saturated carbocycles. The molecule has 16 heteroatoms. The molecule has 0 aliphatic carbocycles. The van der Waals surface area contributed by atoms with Gasteiger partial charge in [-0.05, 0) is 17.7 Å². The lowest BCUT2D eigenvalue weighted by Crippen LogP contribution is -2.71. The highest BCUT2D eigenvalue weighted by Crippen LogP contribution is 2.40. The highest BCUT2D eigenvalue weighted by molar-refractivity contribution is 8.00. The largest absolute Gasteiger partial charge is 0.490 e. The summed E-state index contributed by atoms with van der Waals surface area (Å²) in [6.07, 6.45) is 0. The van der Waals surface area contributed by atoms with E-state index in [1.807, 2.05) is 0 Å². The van der Waals surface area contributed by atoms with E-state index >= 15 is 0 Å². The number of thiazole rings is 1. The average molecular weight is 535 g/mol. The number of β-lactam (4-membered cyclic amide) rings is 1. The molecule has 0 spiro atoms. The first-order valence-corrected chi connectivity index (χ1v) is 12.0. The van der Waals surface area contributed by atoms with Crippen LogP contribution in [0.5, 0.6) is 0 Å². The second-order valence-corrected chi connectivity index (χ2v) is 9.34. The Balaban J connectivity index is 1.47. The highest BCUT2D eigenvalue weighted by Gasteiger charge is 2.55. The molecular weight excluding hydrogens is 516 g/mol. The summed E-state index contributed by atoms with van der Waals surface area (Å²) in [5, 5.41) is 27.8. The number of carbonyl (C=O) groups is 3. The summed E-state index contributed by atoms with van der Waals surface area (Å²) in [5.41, 5.74) is 5.77. The van der Waals surface area contributed by atoms with Crippen molar-refractivity contribution in [3.05, 3.63) is 62.5 Å². The molecule has 0 unspecified atom stereocenters. The molecule has 2 amide bonds. The summed E-state index contributed by atoms with van der Waals surface area (Å²) in [7, 11) is 1.25. The van der Waals surface area contributed by atoms with Gasteiger partial charge in [-0.15, -0.1) is 23.1 Å². The number of nitrogens with zero attached hydrogens (tertiary/aromatic N) is 4. The Morgan fingerprint density at radius 2 is 2.11 bits per heavy atom. The van der Waals surface area contributed by atoms with Crippen molar-refractivity contribution in [1.29, 1.82) is 0 Å². The van der Waals surface area contributed by atoms with Gasteiger partial charge < -0.3 is 25.7 Å². The molecule has 1 aromatic carbocycles. The Kier molecular flexibility index (Phi) is 7.07. The molecule has 1 fully saturated rings. The zero-order valence-electron chi connectivity index (χ0n) is 18.4. The number of nitrogen functional groups attached to an aromatic ring is 1. The maximum absolute atomic E-state index is 12.9. The monoisotopic (exact) mass is 534 g/mol. The van der Waals surface area contributed by atoms with Crippen molar-refractivity contribution < 1.29 is 34.0 Å². The number of nitrogens with one attached hydrogen (secondary N) is 1. The smallest absolute Gasteiger partial charge is 0.356 e. The third-order valence-corrected chi connectivity index (χ3v) is 7.07. The molecule has 1 saturated heterocycles. The molecule has 2 aliphatic rings. The van der Waals surface area contributed by atoms with Gasteiger partial charge in [-0.25, -0.2) is 9.78 Å². The normalized spacial score (nSPS) is 19.3. The number of aromatic nitrogens is 1. The van der Waals surface area contributed by atoms with Gasteiger partial charge in [-0.3, -0.25) is 24.6 Å². The molecule has 14 nitrogen and oxygen atoms in total. The average Bonchev–Trinajstić information content (AvgIpc) is 3.29. The zero-order valence-corrected chi connectivity index (χ0v) is 20.1. The fraction of sp³-hybridized carbons (Fsp3) is 0.250. The van der Waals surface area contributed by atoms with Crippen LogP contribution in [0.15, 0.2) is 46.3 Å². The maximum atomic E-state index is 12.9. The number of non-ortho nitro benzene ring substituents is 1. The molecular formula is C20H18N6O8S2. The van der Waals surface area contributed by atoms with Crippen LogP contribution < -0.4 is 11.1 Å². The Morgan fingerprint density at radius 3 is 2.69 bits per heavy atom. The van der Waals surface area contributed by atoms with Crippen LogP contribution in [-0.2, 0) is 30.6 Å². The van der Waals surface area contributed by atoms with E-state index < -0.39 is 34.1 Å². The summed E-state index contributed by atoms with van der Waals surface area (Å²) in [4.78, 5) is 57.7. The number of oxime groups is 1. The Morgan fingerprint density at radius 1 is 1.39 bits per heavy atom. The lowest BCUT2D eigenvalue weighted by Gasteiger charge is -2.48. The van der Waals surface area contributed by atoms with Crippen LogP contribution in [0.1, 0.15) is 11.3 Å². The molecule has 4 rings (SSSR count). The number of rotatable bonds is 9. The number of aliphatic carboxylic acids is 1. The number of carbonyl (C=O) groups excluding carboxylic acids is 2. The van der Waals surface area contributed by atoms with Crippen molar-refractivity contribution in [3.8, 4) is 0 Å². The highest BCUT2D eigenvalue weighted by atomic mass is 32.2. The number of thioether (sulfide) groups is 1. The van der Waals surface area contributed by atoms with Gasteiger partial charge in [0.1, 0.15) is 36.6 Å². The summed E-state index contributed by atoms with van der Waals surface area (Å²) in [5.74, 6) is -2.54. The maximum Gasteiger partial charge on any atom is 0.356 e. The fourth-order valence-corrected chi connectivity index (χ4v) is 5.31. The Bertz CT molecular complexity index is 1290. The van der Waals surface area contributed by atoms with Gasteiger partial charge in [0.2, 0.25) is 0 Å². The molecule has 2 aliphatic heterocycles.